The van der Waals surface area contributed by atoms with Crippen LogP contribution in [0.4, 0.5) is 5.69 Å². The number of anilines is 1. The Hall–Kier alpha value is -1.92. The topological polar surface area (TPSA) is 80.0 Å². The van der Waals surface area contributed by atoms with Gasteiger partial charge in [0.1, 0.15) is 0 Å². The molecule has 1 heterocycles. The van der Waals surface area contributed by atoms with Gasteiger partial charge < -0.3 is 10.7 Å². The second-order valence-electron chi connectivity index (χ2n) is 4.67. The van der Waals surface area contributed by atoms with Crippen LogP contribution in [0.15, 0.2) is 29.8 Å². The van der Waals surface area contributed by atoms with Gasteiger partial charge in [-0.25, -0.2) is 4.98 Å². The van der Waals surface area contributed by atoms with E-state index in [1.165, 1.54) is 0 Å². The predicted octanol–water partition coefficient (Wildman–Crippen LogP) is 2.27. The van der Waals surface area contributed by atoms with E-state index < -0.39 is 0 Å². The fourth-order valence-electron chi connectivity index (χ4n) is 1.88. The van der Waals surface area contributed by atoms with Crippen molar-refractivity contribution in [3.8, 4) is 0 Å². The molecule has 0 spiro atoms. The lowest BCUT2D eigenvalue weighted by molar-refractivity contribution is 0.0952. The SMILES string of the molecule is Cc1ccc(C(=O)NCC(C)c2nccs2)c(NN)c1. The van der Waals surface area contributed by atoms with Crippen LogP contribution < -0.4 is 16.6 Å². The molecule has 0 aliphatic heterocycles. The van der Waals surface area contributed by atoms with E-state index >= 15 is 0 Å². The maximum absolute atomic E-state index is 12.2. The summed E-state index contributed by atoms with van der Waals surface area (Å²) in [6.45, 7) is 4.54. The molecule has 2 aromatic rings. The first-order valence-corrected chi connectivity index (χ1v) is 7.24. The summed E-state index contributed by atoms with van der Waals surface area (Å²) in [5.74, 6) is 5.51. The van der Waals surface area contributed by atoms with Crippen molar-refractivity contribution < 1.29 is 4.79 Å². The van der Waals surface area contributed by atoms with Gasteiger partial charge in [-0.2, -0.15) is 0 Å². The van der Waals surface area contributed by atoms with Crippen LogP contribution >= 0.6 is 11.3 Å². The average Bonchev–Trinajstić information content (AvgIpc) is 2.98. The van der Waals surface area contributed by atoms with Gasteiger partial charge in [0.25, 0.3) is 5.91 Å². The van der Waals surface area contributed by atoms with Crippen LogP contribution in [0.3, 0.4) is 0 Å². The van der Waals surface area contributed by atoms with Crippen LogP contribution in [0.1, 0.15) is 33.8 Å². The second kappa shape index (κ2) is 6.49. The summed E-state index contributed by atoms with van der Waals surface area (Å²) in [6, 6.07) is 5.51. The lowest BCUT2D eigenvalue weighted by Gasteiger charge is -2.13. The number of carbonyl (C=O) groups excluding carboxylic acids is 1. The molecule has 0 fully saturated rings. The molecule has 5 nitrogen and oxygen atoms in total. The van der Waals surface area contributed by atoms with Gasteiger partial charge in [-0.1, -0.05) is 13.0 Å². The highest BCUT2D eigenvalue weighted by Crippen LogP contribution is 2.18. The molecule has 0 saturated carbocycles. The summed E-state index contributed by atoms with van der Waals surface area (Å²) in [5, 5.41) is 5.87. The predicted molar refractivity (Wildman–Crippen MR) is 81.9 cm³/mol. The average molecular weight is 290 g/mol. The number of benzene rings is 1. The molecule has 0 saturated heterocycles. The zero-order chi connectivity index (χ0) is 14.5. The molecule has 2 rings (SSSR count). The molecule has 1 amide bonds. The Bertz CT molecular complexity index is 583. The van der Waals surface area contributed by atoms with Crippen molar-refractivity contribution in [1.82, 2.24) is 10.3 Å². The first-order valence-electron chi connectivity index (χ1n) is 6.36. The first kappa shape index (κ1) is 14.5. The van der Waals surface area contributed by atoms with E-state index in [4.69, 9.17) is 5.84 Å². The molecule has 1 atom stereocenters. The molecular formula is C14H18N4OS. The van der Waals surface area contributed by atoms with Gasteiger partial charge in [0.05, 0.1) is 16.3 Å². The van der Waals surface area contributed by atoms with Crippen LogP contribution in [-0.2, 0) is 0 Å². The third-order valence-electron chi connectivity index (χ3n) is 3.02. The minimum Gasteiger partial charge on any atom is -0.351 e. The highest BCUT2D eigenvalue weighted by atomic mass is 32.1. The van der Waals surface area contributed by atoms with Crippen LogP contribution in [0.5, 0.6) is 0 Å². The van der Waals surface area contributed by atoms with Crippen molar-refractivity contribution in [2.75, 3.05) is 12.0 Å². The molecule has 1 aromatic carbocycles. The summed E-state index contributed by atoms with van der Waals surface area (Å²) in [4.78, 5) is 16.4. The fraction of sp³-hybridized carbons (Fsp3) is 0.286. The van der Waals surface area contributed by atoms with E-state index in [-0.39, 0.29) is 11.8 Å². The largest absolute Gasteiger partial charge is 0.351 e. The Labute approximate surface area is 122 Å². The highest BCUT2D eigenvalue weighted by Gasteiger charge is 2.14. The second-order valence-corrected chi connectivity index (χ2v) is 5.60. The molecule has 0 bridgehead atoms. The van der Waals surface area contributed by atoms with Crippen LogP contribution in [0.2, 0.25) is 0 Å². The number of hydrogen-bond acceptors (Lipinski definition) is 5. The van der Waals surface area contributed by atoms with E-state index in [2.05, 4.69) is 15.7 Å². The maximum Gasteiger partial charge on any atom is 0.253 e. The smallest absolute Gasteiger partial charge is 0.253 e. The molecule has 6 heteroatoms. The number of nitrogens with one attached hydrogen (secondary N) is 2. The number of nitrogens with two attached hydrogens (primary N) is 1. The maximum atomic E-state index is 12.2. The van der Waals surface area contributed by atoms with E-state index in [0.29, 0.717) is 17.8 Å². The van der Waals surface area contributed by atoms with Gasteiger partial charge in [-0.3, -0.25) is 10.6 Å². The third-order valence-corrected chi connectivity index (χ3v) is 4.02. The number of nitrogens with zero attached hydrogens (tertiary/aromatic N) is 1. The number of carbonyl (C=O) groups is 1. The Morgan fingerprint density at radius 1 is 1.50 bits per heavy atom. The first-order chi connectivity index (χ1) is 9.61. The number of hydrazine groups is 1. The number of nitrogen functional groups attached to an aromatic ring is 1. The summed E-state index contributed by atoms with van der Waals surface area (Å²) in [5.41, 5.74) is 4.78. The molecule has 0 aliphatic carbocycles. The molecule has 0 aliphatic rings. The molecule has 20 heavy (non-hydrogen) atoms. The minimum absolute atomic E-state index is 0.138. The molecule has 1 aromatic heterocycles. The van der Waals surface area contributed by atoms with Gasteiger partial charge in [0.15, 0.2) is 0 Å². The van der Waals surface area contributed by atoms with E-state index in [1.807, 2.05) is 31.4 Å². The lowest BCUT2D eigenvalue weighted by atomic mass is 10.1. The number of aryl methyl sites for hydroxylation is 1. The number of amides is 1. The van der Waals surface area contributed by atoms with Gasteiger partial charge in [-0.15, -0.1) is 11.3 Å². The third kappa shape index (κ3) is 3.34. The van der Waals surface area contributed by atoms with Gasteiger partial charge in [0.2, 0.25) is 0 Å². The van der Waals surface area contributed by atoms with Gasteiger partial charge in [0, 0.05) is 24.0 Å². The zero-order valence-corrected chi connectivity index (χ0v) is 12.3. The van der Waals surface area contributed by atoms with E-state index in [1.54, 1.807) is 23.6 Å². The van der Waals surface area contributed by atoms with Crippen molar-refractivity contribution in [3.63, 3.8) is 0 Å². The van der Waals surface area contributed by atoms with Gasteiger partial charge in [-0.05, 0) is 24.6 Å². The van der Waals surface area contributed by atoms with Crippen LogP contribution in [-0.4, -0.2) is 17.4 Å². The van der Waals surface area contributed by atoms with Crippen LogP contribution in [0, 0.1) is 6.92 Å². The Morgan fingerprint density at radius 3 is 2.95 bits per heavy atom. The van der Waals surface area contributed by atoms with Crippen LogP contribution in [0.25, 0.3) is 0 Å². The van der Waals surface area contributed by atoms with Crippen molar-refractivity contribution >= 4 is 22.9 Å². The standard InChI is InChI=1S/C14H18N4OS/c1-9-3-4-11(12(7-9)18-15)13(19)17-8-10(2)14-16-5-6-20-14/h3-7,10,18H,8,15H2,1-2H3,(H,17,19). The van der Waals surface area contributed by atoms with Crippen molar-refractivity contribution in [3.05, 3.63) is 45.9 Å². The highest BCUT2D eigenvalue weighted by molar-refractivity contribution is 7.09. The molecule has 4 N–H and O–H groups in total. The molecule has 106 valence electrons. The van der Waals surface area contributed by atoms with Crippen molar-refractivity contribution in [2.24, 2.45) is 5.84 Å². The summed E-state index contributed by atoms with van der Waals surface area (Å²) in [6.07, 6.45) is 1.77. The van der Waals surface area contributed by atoms with E-state index in [0.717, 1.165) is 10.6 Å². The zero-order valence-electron chi connectivity index (χ0n) is 11.5. The fourth-order valence-corrected chi connectivity index (χ4v) is 2.58. The molecular weight excluding hydrogens is 272 g/mol. The number of aromatic nitrogens is 1. The summed E-state index contributed by atoms with van der Waals surface area (Å²) in [7, 11) is 0. The van der Waals surface area contributed by atoms with Gasteiger partial charge >= 0.3 is 0 Å². The quantitative estimate of drug-likeness (QED) is 0.583. The number of hydrogen-bond donors (Lipinski definition) is 3. The lowest BCUT2D eigenvalue weighted by Crippen LogP contribution is -2.28. The van der Waals surface area contributed by atoms with Crippen molar-refractivity contribution in [1.29, 1.82) is 0 Å². The van der Waals surface area contributed by atoms with E-state index in [9.17, 15) is 4.79 Å². The summed E-state index contributed by atoms with van der Waals surface area (Å²) < 4.78 is 0. The Kier molecular flexibility index (Phi) is 4.70. The monoisotopic (exact) mass is 290 g/mol. The summed E-state index contributed by atoms with van der Waals surface area (Å²) >= 11 is 1.59. The normalized spacial score (nSPS) is 11.9. The minimum atomic E-state index is -0.138. The van der Waals surface area contributed by atoms with Crippen molar-refractivity contribution in [2.45, 2.75) is 19.8 Å². The molecule has 1 unspecified atom stereocenters. The Balaban J connectivity index is 2.02. The number of thiazole rings is 1. The Morgan fingerprint density at radius 2 is 2.30 bits per heavy atom. The number of rotatable bonds is 5. The molecule has 0 radical (unpaired) electrons.